The molecule has 1 N–H and O–H groups in total. The van der Waals surface area contributed by atoms with Gasteiger partial charge in [-0.1, -0.05) is 32.4 Å². The van der Waals surface area contributed by atoms with E-state index in [1.165, 1.54) is 6.08 Å². The number of carbonyl (C=O) groups excluding carboxylic acids is 2. The molecule has 4 nitrogen and oxygen atoms in total. The van der Waals surface area contributed by atoms with E-state index in [9.17, 15) is 14.7 Å². The number of hydrogen-bond acceptors (Lipinski definition) is 4. The van der Waals surface area contributed by atoms with Gasteiger partial charge in [0.25, 0.3) is 0 Å². The number of rotatable bonds is 4. The molecular weight excluding hydrogens is 383 g/mol. The van der Waals surface area contributed by atoms with Crippen molar-refractivity contribution in [1.29, 1.82) is 0 Å². The molecule has 8 atom stereocenters. The number of halogens is 1. The van der Waals surface area contributed by atoms with Gasteiger partial charge >= 0.3 is 5.97 Å². The Kier molecular flexibility index (Phi) is 5.28. The van der Waals surface area contributed by atoms with Crippen LogP contribution in [0.4, 0.5) is 4.39 Å². The molecule has 3 saturated carbocycles. The van der Waals surface area contributed by atoms with Gasteiger partial charge in [0.2, 0.25) is 0 Å². The van der Waals surface area contributed by atoms with E-state index in [-0.39, 0.29) is 35.6 Å². The maximum absolute atomic E-state index is 17.1. The fraction of sp³-hybridized carbons (Fsp3) is 0.760. The van der Waals surface area contributed by atoms with Crippen LogP contribution in [0.1, 0.15) is 72.6 Å². The van der Waals surface area contributed by atoms with Crippen molar-refractivity contribution in [2.45, 2.75) is 90.5 Å². The van der Waals surface area contributed by atoms with E-state index in [1.807, 2.05) is 13.8 Å². The van der Waals surface area contributed by atoms with Gasteiger partial charge in [0, 0.05) is 23.2 Å². The minimum Gasteiger partial charge on any atom is -0.461 e. The number of esters is 1. The number of allylic oxidation sites excluding steroid dienone is 4. The number of hydrogen-bond donors (Lipinski definition) is 1. The number of aliphatic hydroxyl groups excluding tert-OH is 1. The maximum atomic E-state index is 17.1. The zero-order chi connectivity index (χ0) is 21.9. The second-order valence-corrected chi connectivity index (χ2v) is 10.3. The summed E-state index contributed by atoms with van der Waals surface area (Å²) < 4.78 is 23.1. The van der Waals surface area contributed by atoms with Crippen LogP contribution in [0.5, 0.6) is 0 Å². The molecule has 4 rings (SSSR count). The smallest absolute Gasteiger partial charge is 0.306 e. The topological polar surface area (TPSA) is 63.6 Å². The molecule has 0 bridgehead atoms. The molecule has 4 aliphatic carbocycles. The standard InChI is InChI=1S/C25H35FO4/c1-5-7-21(29)30-22-15(3)12-19-18-9-8-16-13-17(27)10-11-23(16,4)25(18,26)20(28)14-24(19,22)6-2/h10-11,13,15,18-20,22,28H,5-9,12,14H2,1-4H3/t15-,18+,19+,20+,22-,23+,24+,25+/m1/s1. The Bertz CT molecular complexity index is 803. The molecule has 0 radical (unpaired) electrons. The highest BCUT2D eigenvalue weighted by Crippen LogP contribution is 2.69. The molecular formula is C25H35FO4. The number of ketones is 1. The monoisotopic (exact) mass is 418 g/mol. The second-order valence-electron chi connectivity index (χ2n) is 10.3. The number of alkyl halides is 1. The van der Waals surface area contributed by atoms with Gasteiger partial charge in [-0.2, -0.15) is 0 Å². The second kappa shape index (κ2) is 7.29. The molecule has 4 aliphatic rings. The maximum Gasteiger partial charge on any atom is 0.306 e. The van der Waals surface area contributed by atoms with E-state index in [2.05, 4.69) is 13.8 Å². The van der Waals surface area contributed by atoms with E-state index in [4.69, 9.17) is 4.74 Å². The van der Waals surface area contributed by atoms with Crippen molar-refractivity contribution in [1.82, 2.24) is 0 Å². The summed E-state index contributed by atoms with van der Waals surface area (Å²) in [5.74, 6) is -0.425. The lowest BCUT2D eigenvalue weighted by molar-refractivity contribution is -0.212. The predicted molar refractivity (Wildman–Crippen MR) is 112 cm³/mol. The van der Waals surface area contributed by atoms with Crippen LogP contribution in [0.3, 0.4) is 0 Å². The minimum atomic E-state index is -1.82. The molecule has 30 heavy (non-hydrogen) atoms. The predicted octanol–water partition coefficient (Wildman–Crippen LogP) is 4.71. The summed E-state index contributed by atoms with van der Waals surface area (Å²) in [7, 11) is 0. The Labute approximate surface area is 178 Å². The summed E-state index contributed by atoms with van der Waals surface area (Å²) in [5.41, 5.74) is -2.38. The van der Waals surface area contributed by atoms with Gasteiger partial charge in [0.05, 0.1) is 6.10 Å². The minimum absolute atomic E-state index is 0.0507. The van der Waals surface area contributed by atoms with Crippen molar-refractivity contribution in [3.63, 3.8) is 0 Å². The first-order chi connectivity index (χ1) is 14.1. The van der Waals surface area contributed by atoms with E-state index in [0.29, 0.717) is 25.7 Å². The summed E-state index contributed by atoms with van der Waals surface area (Å²) in [4.78, 5) is 24.3. The Hall–Kier alpha value is -1.49. The van der Waals surface area contributed by atoms with Crippen molar-refractivity contribution in [2.75, 3.05) is 0 Å². The van der Waals surface area contributed by atoms with Crippen molar-refractivity contribution in [2.24, 2.45) is 28.6 Å². The number of aliphatic hydroxyl groups is 1. The highest BCUT2D eigenvalue weighted by Gasteiger charge is 2.72. The molecule has 0 unspecified atom stereocenters. The third-order valence-corrected chi connectivity index (χ3v) is 8.99. The summed E-state index contributed by atoms with van der Waals surface area (Å²) in [6, 6.07) is 0. The largest absolute Gasteiger partial charge is 0.461 e. The molecule has 0 amide bonds. The van der Waals surface area contributed by atoms with Crippen molar-refractivity contribution >= 4 is 11.8 Å². The third kappa shape index (κ3) is 2.73. The van der Waals surface area contributed by atoms with Crippen LogP contribution in [-0.4, -0.2) is 34.7 Å². The molecule has 0 spiro atoms. The first kappa shape index (κ1) is 21.7. The summed E-state index contributed by atoms with van der Waals surface area (Å²) in [6.07, 6.45) is 7.52. The first-order valence-corrected chi connectivity index (χ1v) is 11.6. The first-order valence-electron chi connectivity index (χ1n) is 11.6. The Morgan fingerprint density at radius 2 is 2.07 bits per heavy atom. The molecule has 0 heterocycles. The van der Waals surface area contributed by atoms with Gasteiger partial charge in [-0.05, 0) is 69.4 Å². The van der Waals surface area contributed by atoms with Gasteiger partial charge in [-0.15, -0.1) is 0 Å². The zero-order valence-corrected chi connectivity index (χ0v) is 18.6. The van der Waals surface area contributed by atoms with Crippen LogP contribution in [-0.2, 0) is 14.3 Å². The van der Waals surface area contributed by atoms with Gasteiger partial charge in [0.15, 0.2) is 11.5 Å². The third-order valence-electron chi connectivity index (χ3n) is 8.99. The van der Waals surface area contributed by atoms with Gasteiger partial charge in [-0.25, -0.2) is 4.39 Å². The lowest BCUT2D eigenvalue weighted by atomic mass is 9.45. The lowest BCUT2D eigenvalue weighted by Crippen LogP contribution is -2.67. The molecule has 0 aliphatic heterocycles. The summed E-state index contributed by atoms with van der Waals surface area (Å²) in [5, 5.41) is 11.4. The van der Waals surface area contributed by atoms with Crippen LogP contribution in [0.2, 0.25) is 0 Å². The fourth-order valence-electron chi connectivity index (χ4n) is 7.55. The van der Waals surface area contributed by atoms with Gasteiger partial charge in [-0.3, -0.25) is 9.59 Å². The van der Waals surface area contributed by atoms with E-state index in [1.54, 1.807) is 12.2 Å². The molecule has 0 aromatic carbocycles. The average molecular weight is 419 g/mol. The van der Waals surface area contributed by atoms with Crippen molar-refractivity contribution in [3.05, 3.63) is 23.8 Å². The number of carbonyl (C=O) groups is 2. The lowest BCUT2D eigenvalue weighted by Gasteiger charge is -2.62. The fourth-order valence-corrected chi connectivity index (χ4v) is 7.55. The van der Waals surface area contributed by atoms with Gasteiger partial charge < -0.3 is 9.84 Å². The van der Waals surface area contributed by atoms with Gasteiger partial charge in [0.1, 0.15) is 6.10 Å². The molecule has 0 aromatic rings. The van der Waals surface area contributed by atoms with E-state index in [0.717, 1.165) is 24.8 Å². The highest BCUT2D eigenvalue weighted by molar-refractivity contribution is 6.01. The number of ether oxygens (including phenoxy) is 1. The average Bonchev–Trinajstić information content (AvgIpc) is 2.96. The van der Waals surface area contributed by atoms with Crippen LogP contribution < -0.4 is 0 Å². The number of fused-ring (bicyclic) bond motifs is 5. The quantitative estimate of drug-likeness (QED) is 0.672. The molecule has 5 heteroatoms. The molecule has 166 valence electrons. The SMILES string of the molecule is CCCC(=O)O[C@@H]1[C@H](C)C[C@H]2[C@@H]3CCC4=CC(=O)C=C[C@]4(C)[C@@]3(F)[C@@H](O)C[C@]12CC. The Morgan fingerprint density at radius 3 is 2.73 bits per heavy atom. The molecule has 0 aromatic heterocycles. The van der Waals surface area contributed by atoms with E-state index < -0.39 is 22.6 Å². The molecule has 0 saturated heterocycles. The van der Waals surface area contributed by atoms with Crippen molar-refractivity contribution < 1.29 is 23.8 Å². The van der Waals surface area contributed by atoms with Crippen LogP contribution in [0.25, 0.3) is 0 Å². The Balaban J connectivity index is 1.74. The summed E-state index contributed by atoms with van der Waals surface area (Å²) in [6.45, 7) is 7.97. The highest BCUT2D eigenvalue weighted by atomic mass is 19.1. The summed E-state index contributed by atoms with van der Waals surface area (Å²) >= 11 is 0. The molecule has 3 fully saturated rings. The van der Waals surface area contributed by atoms with Crippen LogP contribution in [0, 0.1) is 28.6 Å². The zero-order valence-electron chi connectivity index (χ0n) is 18.6. The van der Waals surface area contributed by atoms with Crippen LogP contribution >= 0.6 is 0 Å². The Morgan fingerprint density at radius 1 is 1.33 bits per heavy atom. The normalized spacial score (nSPS) is 47.2. The van der Waals surface area contributed by atoms with Crippen molar-refractivity contribution in [3.8, 4) is 0 Å². The van der Waals surface area contributed by atoms with Crippen LogP contribution in [0.15, 0.2) is 23.8 Å². The van der Waals surface area contributed by atoms with E-state index >= 15 is 4.39 Å².